The average Bonchev–Trinajstić information content (AvgIpc) is 3.09. The van der Waals surface area contributed by atoms with Crippen LogP contribution in [0.5, 0.6) is 5.75 Å². The van der Waals surface area contributed by atoms with E-state index in [-0.39, 0.29) is 6.10 Å². The number of hydrogen-bond acceptors (Lipinski definition) is 4. The minimum atomic E-state index is -1.76. The normalized spacial score (nSPS) is 19.8. The molecular formula is C10H12O4P+. The van der Waals surface area contributed by atoms with E-state index >= 15 is 0 Å². The predicted molar refractivity (Wildman–Crippen MR) is 55.9 cm³/mol. The Morgan fingerprint density at radius 3 is 3.07 bits per heavy atom. The number of ether oxygens (including phenoxy) is 2. The van der Waals surface area contributed by atoms with Gasteiger partial charge in [0.15, 0.2) is 0 Å². The third kappa shape index (κ3) is 2.99. The fourth-order valence-corrected chi connectivity index (χ4v) is 1.80. The Hall–Kier alpha value is -0.960. The van der Waals surface area contributed by atoms with Crippen LogP contribution in [0, 0.1) is 0 Å². The fourth-order valence-electron chi connectivity index (χ4n) is 1.15. The molecule has 0 bridgehead atoms. The van der Waals surface area contributed by atoms with Gasteiger partial charge < -0.3 is 9.47 Å². The van der Waals surface area contributed by atoms with Gasteiger partial charge in [-0.1, -0.05) is 6.07 Å². The molecule has 4 nitrogen and oxygen atoms in total. The van der Waals surface area contributed by atoms with Gasteiger partial charge in [-0.15, -0.1) is 4.52 Å². The summed E-state index contributed by atoms with van der Waals surface area (Å²) in [5, 5.41) is 0.640. The Bertz CT molecular complexity index is 362. The highest BCUT2D eigenvalue weighted by molar-refractivity contribution is 7.48. The smallest absolute Gasteiger partial charge is 0.491 e. The first kappa shape index (κ1) is 10.6. The van der Waals surface area contributed by atoms with Crippen molar-refractivity contribution >= 4 is 13.3 Å². The van der Waals surface area contributed by atoms with E-state index in [0.29, 0.717) is 17.7 Å². The van der Waals surface area contributed by atoms with E-state index in [1.165, 1.54) is 7.11 Å². The lowest BCUT2D eigenvalue weighted by atomic mass is 10.3. The van der Waals surface area contributed by atoms with Crippen LogP contribution in [0.3, 0.4) is 0 Å². The summed E-state index contributed by atoms with van der Waals surface area (Å²) in [5.41, 5.74) is 0. The zero-order valence-electron chi connectivity index (χ0n) is 8.38. The molecule has 1 aromatic carbocycles. The Labute approximate surface area is 89.0 Å². The summed E-state index contributed by atoms with van der Waals surface area (Å²) in [4.78, 5) is 0. The van der Waals surface area contributed by atoms with Crippen LogP contribution < -0.4 is 10.0 Å². The van der Waals surface area contributed by atoms with Crippen LogP contribution in [0.25, 0.3) is 0 Å². The lowest BCUT2D eigenvalue weighted by Crippen LogP contribution is -2.06. The van der Waals surface area contributed by atoms with Gasteiger partial charge in [0.25, 0.3) is 0 Å². The molecule has 2 unspecified atom stereocenters. The molecule has 1 saturated heterocycles. The Morgan fingerprint density at radius 1 is 1.60 bits per heavy atom. The molecule has 0 saturated carbocycles. The number of epoxide rings is 1. The van der Waals surface area contributed by atoms with Crippen LogP contribution in [0.1, 0.15) is 0 Å². The average molecular weight is 227 g/mol. The minimum absolute atomic E-state index is 0.227. The number of benzene rings is 1. The molecule has 2 atom stereocenters. The van der Waals surface area contributed by atoms with Gasteiger partial charge in [-0.2, -0.15) is 0 Å². The lowest BCUT2D eigenvalue weighted by Gasteiger charge is -2.02. The highest BCUT2D eigenvalue weighted by atomic mass is 31.1. The van der Waals surface area contributed by atoms with Crippen molar-refractivity contribution in [3.05, 3.63) is 24.3 Å². The molecule has 1 fully saturated rings. The molecule has 0 aliphatic carbocycles. The monoisotopic (exact) mass is 227 g/mol. The molecule has 1 aliphatic heterocycles. The third-order valence-corrected chi connectivity index (χ3v) is 3.06. The van der Waals surface area contributed by atoms with E-state index in [0.717, 1.165) is 6.61 Å². The molecule has 0 aromatic heterocycles. The van der Waals surface area contributed by atoms with E-state index in [2.05, 4.69) is 0 Å². The first-order valence-electron chi connectivity index (χ1n) is 4.65. The second kappa shape index (κ2) is 4.71. The van der Waals surface area contributed by atoms with Gasteiger partial charge in [0.1, 0.15) is 18.5 Å². The van der Waals surface area contributed by atoms with E-state index in [1.807, 2.05) is 6.07 Å². The van der Waals surface area contributed by atoms with Gasteiger partial charge in [0.2, 0.25) is 5.30 Å². The van der Waals surface area contributed by atoms with Gasteiger partial charge in [-0.05, 0) is 16.7 Å². The second-order valence-electron chi connectivity index (χ2n) is 3.20. The zero-order chi connectivity index (χ0) is 10.7. The van der Waals surface area contributed by atoms with Gasteiger partial charge >= 0.3 is 8.03 Å². The second-order valence-corrected chi connectivity index (χ2v) is 4.60. The Balaban J connectivity index is 2.00. The zero-order valence-corrected chi connectivity index (χ0v) is 9.28. The van der Waals surface area contributed by atoms with E-state index in [9.17, 15) is 4.57 Å². The summed E-state index contributed by atoms with van der Waals surface area (Å²) in [6.45, 7) is 1.32. The fraction of sp³-hybridized carbons (Fsp3) is 0.400. The first-order valence-corrected chi connectivity index (χ1v) is 5.83. The Kier molecular flexibility index (Phi) is 3.31. The maximum Gasteiger partial charge on any atom is 0.548 e. The molecule has 5 heteroatoms. The molecule has 1 aromatic rings. The first-order chi connectivity index (χ1) is 7.29. The molecule has 80 valence electrons. The highest BCUT2D eigenvalue weighted by Crippen LogP contribution is 2.22. The summed E-state index contributed by atoms with van der Waals surface area (Å²) in [7, 11) is -0.340. The van der Waals surface area contributed by atoms with Gasteiger partial charge in [0.05, 0.1) is 13.7 Å². The largest absolute Gasteiger partial charge is 0.548 e. The summed E-state index contributed by atoms with van der Waals surface area (Å²) in [6.07, 6.45) is 0.227. The molecule has 1 aliphatic rings. The van der Waals surface area contributed by atoms with Crippen LogP contribution >= 0.6 is 8.03 Å². The van der Waals surface area contributed by atoms with Gasteiger partial charge in [-0.25, -0.2) is 0 Å². The SMILES string of the molecule is CO[P+](=O)c1cccc(OCC2CO2)c1. The van der Waals surface area contributed by atoms with Crippen LogP contribution in [0.4, 0.5) is 0 Å². The highest BCUT2D eigenvalue weighted by Gasteiger charge is 2.24. The summed E-state index contributed by atoms with van der Waals surface area (Å²) < 4.78 is 26.6. The van der Waals surface area contributed by atoms with Crippen molar-refractivity contribution in [3.63, 3.8) is 0 Å². The molecule has 0 amide bonds. The summed E-state index contributed by atoms with van der Waals surface area (Å²) >= 11 is 0. The van der Waals surface area contributed by atoms with Crippen molar-refractivity contribution in [1.82, 2.24) is 0 Å². The maximum absolute atomic E-state index is 11.4. The molecule has 0 spiro atoms. The Morgan fingerprint density at radius 2 is 2.40 bits per heavy atom. The molecule has 1 heterocycles. The maximum atomic E-state index is 11.4. The predicted octanol–water partition coefficient (Wildman–Crippen LogP) is 1.48. The molecule has 15 heavy (non-hydrogen) atoms. The van der Waals surface area contributed by atoms with E-state index in [1.54, 1.807) is 18.2 Å². The van der Waals surface area contributed by atoms with Crippen molar-refractivity contribution in [2.75, 3.05) is 20.3 Å². The van der Waals surface area contributed by atoms with Crippen LogP contribution in [-0.4, -0.2) is 26.4 Å². The standard InChI is InChI=1S/C10H12O4P/c1-12-15(11)10-4-2-3-8(5-10)13-6-9-7-14-9/h2-5,9H,6-7H2,1H3/q+1. The topological polar surface area (TPSA) is 48.1 Å². The van der Waals surface area contributed by atoms with Gasteiger partial charge in [0, 0.05) is 6.07 Å². The van der Waals surface area contributed by atoms with Crippen molar-refractivity contribution < 1.29 is 18.6 Å². The lowest BCUT2D eigenvalue weighted by molar-refractivity contribution is 0.263. The van der Waals surface area contributed by atoms with Gasteiger partial charge in [-0.3, -0.25) is 0 Å². The summed E-state index contributed by atoms with van der Waals surface area (Å²) in [5.74, 6) is 0.698. The quantitative estimate of drug-likeness (QED) is 0.564. The van der Waals surface area contributed by atoms with Crippen LogP contribution in [0.2, 0.25) is 0 Å². The molecule has 0 radical (unpaired) electrons. The van der Waals surface area contributed by atoms with E-state index < -0.39 is 8.03 Å². The number of rotatable bonds is 5. The van der Waals surface area contributed by atoms with Crippen molar-refractivity contribution in [2.24, 2.45) is 0 Å². The summed E-state index contributed by atoms with van der Waals surface area (Å²) in [6, 6.07) is 7.10. The van der Waals surface area contributed by atoms with E-state index in [4.69, 9.17) is 14.0 Å². The van der Waals surface area contributed by atoms with Crippen LogP contribution in [-0.2, 0) is 13.8 Å². The van der Waals surface area contributed by atoms with Crippen LogP contribution in [0.15, 0.2) is 24.3 Å². The minimum Gasteiger partial charge on any atom is -0.491 e. The third-order valence-electron chi connectivity index (χ3n) is 2.03. The molecule has 0 N–H and O–H groups in total. The van der Waals surface area contributed by atoms with Crippen molar-refractivity contribution in [1.29, 1.82) is 0 Å². The molecular weight excluding hydrogens is 215 g/mol. The van der Waals surface area contributed by atoms with Crippen molar-refractivity contribution in [3.8, 4) is 5.75 Å². The molecule has 2 rings (SSSR count). The van der Waals surface area contributed by atoms with Crippen molar-refractivity contribution in [2.45, 2.75) is 6.10 Å². The number of hydrogen-bond donors (Lipinski definition) is 0.